The second kappa shape index (κ2) is 15.5. The van der Waals surface area contributed by atoms with Gasteiger partial charge in [-0.1, -0.05) is 48.5 Å². The van der Waals surface area contributed by atoms with Crippen molar-refractivity contribution in [2.75, 3.05) is 26.3 Å². The zero-order valence-electron chi connectivity index (χ0n) is 23.4. The minimum atomic E-state index is -0.514. The van der Waals surface area contributed by atoms with Crippen molar-refractivity contribution in [2.24, 2.45) is 5.73 Å². The van der Waals surface area contributed by atoms with E-state index in [0.717, 1.165) is 22.3 Å². The molecule has 2 heterocycles. The molecule has 2 aromatic carbocycles. The first kappa shape index (κ1) is 32.2. The molecule has 0 saturated heterocycles. The number of amides is 1. The number of nitrogens with one attached hydrogen (secondary N) is 1. The number of benzene rings is 2. The fourth-order valence-electron chi connectivity index (χ4n) is 3.39. The van der Waals surface area contributed by atoms with Gasteiger partial charge in [-0.15, -0.1) is 12.4 Å². The van der Waals surface area contributed by atoms with Crippen LogP contribution < -0.4 is 20.5 Å². The van der Waals surface area contributed by atoms with E-state index in [1.54, 1.807) is 12.1 Å². The Labute approximate surface area is 240 Å². The van der Waals surface area contributed by atoms with Crippen molar-refractivity contribution in [1.82, 2.24) is 15.6 Å². The number of hydrogen-bond donors (Lipinski definition) is 2. The standard InChI is InChI=1S/C17H22N2O4.C12H14N2O2.ClH/c1-12-7-5-6-8-13(12)14-11-15(19-23-14)21-10-9-18-16(20)22-17(2,3)4;1-9-4-2-3-5-10(9)11-8-12(14-16-11)15-7-6-13;/h5-8,11H,9-10H2,1-4H3,(H,18,20);2-5,8H,6-7,13H2,1H3;1H. The number of aryl methyl sites for hydroxylation is 2. The minimum absolute atomic E-state index is 0. The third-order valence-corrected chi connectivity index (χ3v) is 5.19. The molecule has 3 N–H and O–H groups in total. The molecule has 0 unspecified atom stereocenters. The third kappa shape index (κ3) is 10.3. The number of ether oxygens (including phenoxy) is 3. The molecule has 0 atom stereocenters. The molecule has 0 bridgehead atoms. The van der Waals surface area contributed by atoms with E-state index in [9.17, 15) is 4.79 Å². The first-order valence-electron chi connectivity index (χ1n) is 12.6. The number of hydrogen-bond acceptors (Lipinski definition) is 9. The highest BCUT2D eigenvalue weighted by molar-refractivity contribution is 5.85. The van der Waals surface area contributed by atoms with Crippen LogP contribution in [-0.4, -0.2) is 48.3 Å². The number of alkyl carbamates (subject to hydrolysis) is 1. The van der Waals surface area contributed by atoms with E-state index < -0.39 is 11.7 Å². The molecule has 0 radical (unpaired) electrons. The lowest BCUT2D eigenvalue weighted by atomic mass is 10.1. The van der Waals surface area contributed by atoms with Crippen molar-refractivity contribution >= 4 is 18.5 Å². The Morgan fingerprint density at radius 2 is 1.32 bits per heavy atom. The van der Waals surface area contributed by atoms with Gasteiger partial charge in [-0.3, -0.25) is 0 Å². The summed E-state index contributed by atoms with van der Waals surface area (Å²) >= 11 is 0. The maximum absolute atomic E-state index is 11.5. The quantitative estimate of drug-likeness (QED) is 0.233. The van der Waals surface area contributed by atoms with Gasteiger partial charge in [0.15, 0.2) is 11.5 Å². The Kier molecular flexibility index (Phi) is 12.5. The molecule has 0 aliphatic heterocycles. The van der Waals surface area contributed by atoms with E-state index in [-0.39, 0.29) is 19.0 Å². The number of nitrogens with two attached hydrogens (primary N) is 1. The number of carbonyl (C=O) groups is 1. The van der Waals surface area contributed by atoms with E-state index in [4.69, 9.17) is 29.0 Å². The SMILES string of the molecule is Cc1ccccc1-c1cc(OCCN)no1.Cc1ccccc1-c1cc(OCCNC(=O)OC(C)(C)C)no1.Cl. The van der Waals surface area contributed by atoms with Gasteiger partial charge in [0.25, 0.3) is 11.8 Å². The lowest BCUT2D eigenvalue weighted by Crippen LogP contribution is -2.34. The number of halogens is 1. The lowest BCUT2D eigenvalue weighted by molar-refractivity contribution is 0.0519. The maximum Gasteiger partial charge on any atom is 0.407 e. The fourth-order valence-corrected chi connectivity index (χ4v) is 3.39. The van der Waals surface area contributed by atoms with E-state index in [2.05, 4.69) is 15.6 Å². The Morgan fingerprint density at radius 1 is 0.850 bits per heavy atom. The van der Waals surface area contributed by atoms with Crippen LogP contribution in [0.25, 0.3) is 22.6 Å². The van der Waals surface area contributed by atoms with Crippen LogP contribution in [0.1, 0.15) is 31.9 Å². The summed E-state index contributed by atoms with van der Waals surface area (Å²) in [6, 6.07) is 19.3. The average Bonchev–Trinajstić information content (AvgIpc) is 3.55. The topological polar surface area (TPSA) is 135 Å². The Balaban J connectivity index is 0.000000290. The number of nitrogens with zero attached hydrogens (tertiary/aromatic N) is 2. The molecule has 40 heavy (non-hydrogen) atoms. The van der Waals surface area contributed by atoms with Gasteiger partial charge in [-0.05, 0) is 56.1 Å². The zero-order valence-corrected chi connectivity index (χ0v) is 24.2. The Morgan fingerprint density at radius 3 is 1.77 bits per heavy atom. The fraction of sp³-hybridized carbons (Fsp3) is 0.345. The second-order valence-electron chi connectivity index (χ2n) is 9.60. The maximum atomic E-state index is 11.5. The number of rotatable bonds is 9. The Bertz CT molecular complexity index is 1330. The summed E-state index contributed by atoms with van der Waals surface area (Å²) in [5, 5.41) is 10.3. The third-order valence-electron chi connectivity index (χ3n) is 5.19. The normalized spacial score (nSPS) is 10.6. The van der Waals surface area contributed by atoms with Gasteiger partial charge >= 0.3 is 6.09 Å². The largest absolute Gasteiger partial charge is 0.474 e. The highest BCUT2D eigenvalue weighted by atomic mass is 35.5. The van der Waals surface area contributed by atoms with Gasteiger partial charge in [0.2, 0.25) is 0 Å². The van der Waals surface area contributed by atoms with E-state index in [1.807, 2.05) is 83.1 Å². The zero-order chi connectivity index (χ0) is 28.3. The van der Waals surface area contributed by atoms with Crippen LogP contribution >= 0.6 is 12.4 Å². The summed E-state index contributed by atoms with van der Waals surface area (Å²) < 4.78 is 26.3. The summed E-state index contributed by atoms with van der Waals surface area (Å²) in [5.41, 5.74) is 9.06. The summed E-state index contributed by atoms with van der Waals surface area (Å²) in [6.07, 6.45) is -0.471. The summed E-state index contributed by atoms with van der Waals surface area (Å²) in [6.45, 7) is 11.0. The molecule has 2 aromatic heterocycles. The molecule has 10 nitrogen and oxygen atoms in total. The molecule has 216 valence electrons. The lowest BCUT2D eigenvalue weighted by Gasteiger charge is -2.19. The van der Waals surface area contributed by atoms with Gasteiger partial charge in [0.1, 0.15) is 18.8 Å². The van der Waals surface area contributed by atoms with Gasteiger partial charge in [-0.25, -0.2) is 4.79 Å². The molecule has 4 aromatic rings. The molecule has 0 spiro atoms. The van der Waals surface area contributed by atoms with E-state index in [1.165, 1.54) is 0 Å². The van der Waals surface area contributed by atoms with Crippen LogP contribution in [0.2, 0.25) is 0 Å². The van der Waals surface area contributed by atoms with Crippen molar-refractivity contribution in [1.29, 1.82) is 0 Å². The van der Waals surface area contributed by atoms with Crippen LogP contribution in [0.3, 0.4) is 0 Å². The molecule has 0 aliphatic rings. The predicted octanol–water partition coefficient (Wildman–Crippen LogP) is 5.96. The molecule has 0 saturated carbocycles. The minimum Gasteiger partial charge on any atom is -0.474 e. The summed E-state index contributed by atoms with van der Waals surface area (Å²) in [7, 11) is 0. The van der Waals surface area contributed by atoms with E-state index in [0.29, 0.717) is 43.0 Å². The van der Waals surface area contributed by atoms with Gasteiger partial charge < -0.3 is 34.3 Å². The second-order valence-corrected chi connectivity index (χ2v) is 9.60. The van der Waals surface area contributed by atoms with Gasteiger partial charge in [0, 0.05) is 29.8 Å². The van der Waals surface area contributed by atoms with Crippen LogP contribution in [0.15, 0.2) is 69.7 Å². The van der Waals surface area contributed by atoms with Crippen molar-refractivity contribution in [2.45, 2.75) is 40.2 Å². The Hall–Kier alpha value is -4.02. The van der Waals surface area contributed by atoms with E-state index >= 15 is 0 Å². The summed E-state index contributed by atoms with van der Waals surface area (Å²) in [4.78, 5) is 11.5. The van der Waals surface area contributed by atoms with Crippen LogP contribution in [-0.2, 0) is 4.74 Å². The first-order chi connectivity index (χ1) is 18.7. The van der Waals surface area contributed by atoms with Crippen molar-refractivity contribution in [3.8, 4) is 34.4 Å². The number of carbonyl (C=O) groups excluding carboxylic acids is 1. The first-order valence-corrected chi connectivity index (χ1v) is 12.6. The molecule has 0 fully saturated rings. The molecular weight excluding hydrogens is 536 g/mol. The van der Waals surface area contributed by atoms with Gasteiger partial charge in [-0.2, -0.15) is 0 Å². The molecule has 0 aliphatic carbocycles. The van der Waals surface area contributed by atoms with Crippen LogP contribution in [0.5, 0.6) is 11.8 Å². The smallest absolute Gasteiger partial charge is 0.407 e. The van der Waals surface area contributed by atoms with Gasteiger partial charge in [0.05, 0.1) is 6.54 Å². The van der Waals surface area contributed by atoms with Crippen molar-refractivity contribution in [3.63, 3.8) is 0 Å². The molecule has 1 amide bonds. The van der Waals surface area contributed by atoms with Crippen molar-refractivity contribution < 1.29 is 28.1 Å². The summed E-state index contributed by atoms with van der Waals surface area (Å²) in [5.74, 6) is 2.22. The number of aromatic nitrogens is 2. The highest BCUT2D eigenvalue weighted by Gasteiger charge is 2.16. The van der Waals surface area contributed by atoms with Crippen LogP contribution in [0, 0.1) is 13.8 Å². The molecular formula is C29H37ClN4O6. The highest BCUT2D eigenvalue weighted by Crippen LogP contribution is 2.27. The van der Waals surface area contributed by atoms with Crippen LogP contribution in [0.4, 0.5) is 4.79 Å². The predicted molar refractivity (Wildman–Crippen MR) is 155 cm³/mol. The van der Waals surface area contributed by atoms with Crippen molar-refractivity contribution in [3.05, 3.63) is 71.8 Å². The molecule has 4 rings (SSSR count). The monoisotopic (exact) mass is 572 g/mol. The average molecular weight is 573 g/mol. The molecule has 11 heteroatoms.